The molecule has 0 saturated heterocycles. The molecule has 1 aromatic heterocycles. The molecule has 0 aliphatic rings. The molecule has 4 rings (SSSR count). The van der Waals surface area contributed by atoms with Crippen LogP contribution in [0.1, 0.15) is 39.2 Å². The zero-order valence-corrected chi connectivity index (χ0v) is 18.2. The summed E-state index contributed by atoms with van der Waals surface area (Å²) in [6, 6.07) is 20.3. The van der Waals surface area contributed by atoms with Gasteiger partial charge >= 0.3 is 5.97 Å². The largest absolute Gasteiger partial charge is 0.493 e. The number of ether oxygens (including phenoxy) is 1. The zero-order valence-electron chi connectivity index (χ0n) is 18.2. The van der Waals surface area contributed by atoms with Crippen LogP contribution >= 0.6 is 0 Å². The number of benzene rings is 3. The number of carboxylic acid groups (broad SMARTS) is 1. The third-order valence-electron chi connectivity index (χ3n) is 5.75. The minimum Gasteiger partial charge on any atom is -0.493 e. The molecule has 3 aromatic carbocycles. The molecule has 0 amide bonds. The molecule has 4 aromatic rings. The van der Waals surface area contributed by atoms with Crippen LogP contribution in [0, 0.1) is 20.8 Å². The van der Waals surface area contributed by atoms with Crippen molar-refractivity contribution in [2.45, 2.75) is 33.6 Å². The maximum absolute atomic E-state index is 12.0. The summed E-state index contributed by atoms with van der Waals surface area (Å²) in [5.74, 6) is -0.0537. The number of carboxylic acids is 1. The van der Waals surface area contributed by atoms with Crippen LogP contribution in [0.5, 0.6) is 5.75 Å². The highest BCUT2D eigenvalue weighted by molar-refractivity contribution is 6.03. The SMILES string of the molecule is Cc1ccc(OCCCc2c(C(=O)O)[nH]c3c(-c4ccccc4C)cccc23)c(C)c1. The molecule has 0 unspecified atom stereocenters. The Morgan fingerprint density at radius 1 is 0.935 bits per heavy atom. The smallest absolute Gasteiger partial charge is 0.352 e. The standard InChI is InChI=1S/C27H27NO3/c1-17-13-14-24(19(3)16-17)31-15-7-12-23-22-11-6-10-21(20-9-5-4-8-18(20)2)25(22)28-26(23)27(29)30/h4-6,8-11,13-14,16,28H,7,12,15H2,1-3H3,(H,29,30). The molecular weight excluding hydrogens is 386 g/mol. The van der Waals surface area contributed by atoms with Crippen LogP contribution in [-0.2, 0) is 6.42 Å². The van der Waals surface area contributed by atoms with E-state index in [0.29, 0.717) is 13.0 Å². The predicted molar refractivity (Wildman–Crippen MR) is 125 cm³/mol. The molecule has 0 fully saturated rings. The summed E-state index contributed by atoms with van der Waals surface area (Å²) in [4.78, 5) is 15.2. The number of aromatic nitrogens is 1. The van der Waals surface area contributed by atoms with Crippen molar-refractivity contribution in [3.8, 4) is 16.9 Å². The number of aromatic carboxylic acids is 1. The zero-order chi connectivity index (χ0) is 22.0. The summed E-state index contributed by atoms with van der Waals surface area (Å²) in [5, 5.41) is 10.8. The van der Waals surface area contributed by atoms with Gasteiger partial charge in [0.1, 0.15) is 11.4 Å². The molecule has 0 radical (unpaired) electrons. The first-order chi connectivity index (χ1) is 15.0. The number of carbonyl (C=O) groups is 1. The highest BCUT2D eigenvalue weighted by Gasteiger charge is 2.19. The van der Waals surface area contributed by atoms with E-state index in [2.05, 4.69) is 37.0 Å². The van der Waals surface area contributed by atoms with Crippen molar-refractivity contribution in [1.29, 1.82) is 0 Å². The Balaban J connectivity index is 1.61. The van der Waals surface area contributed by atoms with Gasteiger partial charge < -0.3 is 14.8 Å². The van der Waals surface area contributed by atoms with E-state index in [4.69, 9.17) is 4.74 Å². The summed E-state index contributed by atoms with van der Waals surface area (Å²) in [7, 11) is 0. The lowest BCUT2D eigenvalue weighted by atomic mass is 9.97. The van der Waals surface area contributed by atoms with E-state index in [9.17, 15) is 9.90 Å². The number of H-pyrrole nitrogens is 1. The van der Waals surface area contributed by atoms with Crippen molar-refractivity contribution in [2.75, 3.05) is 6.61 Å². The van der Waals surface area contributed by atoms with Gasteiger partial charge in [0.05, 0.1) is 12.1 Å². The molecule has 31 heavy (non-hydrogen) atoms. The summed E-state index contributed by atoms with van der Waals surface area (Å²) in [6.45, 7) is 6.71. The molecule has 4 heteroatoms. The second kappa shape index (κ2) is 8.68. The van der Waals surface area contributed by atoms with Gasteiger partial charge in [-0.25, -0.2) is 4.79 Å². The molecular formula is C27H27NO3. The second-order valence-corrected chi connectivity index (χ2v) is 8.05. The van der Waals surface area contributed by atoms with E-state index in [1.807, 2.05) is 49.4 Å². The van der Waals surface area contributed by atoms with Gasteiger partial charge in [0.15, 0.2) is 0 Å². The fourth-order valence-electron chi connectivity index (χ4n) is 4.21. The molecule has 1 heterocycles. The van der Waals surface area contributed by atoms with Crippen molar-refractivity contribution < 1.29 is 14.6 Å². The third kappa shape index (κ3) is 4.19. The quantitative estimate of drug-likeness (QED) is 0.341. The number of rotatable bonds is 7. The second-order valence-electron chi connectivity index (χ2n) is 8.05. The maximum atomic E-state index is 12.0. The Morgan fingerprint density at radius 2 is 1.71 bits per heavy atom. The molecule has 4 nitrogen and oxygen atoms in total. The maximum Gasteiger partial charge on any atom is 0.352 e. The highest BCUT2D eigenvalue weighted by Crippen LogP contribution is 2.34. The van der Waals surface area contributed by atoms with Crippen molar-refractivity contribution >= 4 is 16.9 Å². The van der Waals surface area contributed by atoms with Gasteiger partial charge in [-0.1, -0.05) is 60.2 Å². The molecule has 0 aliphatic heterocycles. The number of hydrogen-bond donors (Lipinski definition) is 2. The van der Waals surface area contributed by atoms with E-state index >= 15 is 0 Å². The Kier molecular flexibility index (Phi) is 5.81. The molecule has 0 bridgehead atoms. The number of para-hydroxylation sites is 1. The Bertz CT molecular complexity index is 1250. The Morgan fingerprint density at radius 3 is 2.45 bits per heavy atom. The molecule has 2 N–H and O–H groups in total. The van der Waals surface area contributed by atoms with Crippen LogP contribution in [0.3, 0.4) is 0 Å². The molecule has 0 spiro atoms. The van der Waals surface area contributed by atoms with Gasteiger partial charge in [-0.3, -0.25) is 0 Å². The fraction of sp³-hybridized carbons (Fsp3) is 0.222. The average molecular weight is 414 g/mol. The first-order valence-corrected chi connectivity index (χ1v) is 10.6. The van der Waals surface area contributed by atoms with Gasteiger partial charge in [-0.2, -0.15) is 0 Å². The number of nitrogens with one attached hydrogen (secondary N) is 1. The van der Waals surface area contributed by atoms with E-state index in [-0.39, 0.29) is 5.69 Å². The lowest BCUT2D eigenvalue weighted by molar-refractivity contribution is 0.0690. The normalized spacial score (nSPS) is 11.1. The minimum atomic E-state index is -0.933. The third-order valence-corrected chi connectivity index (χ3v) is 5.75. The molecule has 158 valence electrons. The lowest BCUT2D eigenvalue weighted by Gasteiger charge is -2.10. The first-order valence-electron chi connectivity index (χ1n) is 10.6. The summed E-state index contributed by atoms with van der Waals surface area (Å²) < 4.78 is 5.95. The monoisotopic (exact) mass is 413 g/mol. The Labute approximate surface area is 182 Å². The first kappa shape index (κ1) is 20.7. The average Bonchev–Trinajstić information content (AvgIpc) is 3.12. The van der Waals surface area contributed by atoms with Crippen LogP contribution in [0.2, 0.25) is 0 Å². The summed E-state index contributed by atoms with van der Waals surface area (Å²) >= 11 is 0. The van der Waals surface area contributed by atoms with Crippen LogP contribution < -0.4 is 4.74 Å². The molecule has 0 aliphatic carbocycles. The topological polar surface area (TPSA) is 62.3 Å². The predicted octanol–water partition coefficient (Wildman–Crippen LogP) is 6.47. The van der Waals surface area contributed by atoms with Crippen LogP contribution in [0.4, 0.5) is 0 Å². The van der Waals surface area contributed by atoms with E-state index < -0.39 is 5.97 Å². The number of aromatic amines is 1. The van der Waals surface area contributed by atoms with Gasteiger partial charge in [0.25, 0.3) is 0 Å². The number of aryl methyl sites for hydroxylation is 4. The molecule has 0 atom stereocenters. The fourth-order valence-corrected chi connectivity index (χ4v) is 4.21. The van der Waals surface area contributed by atoms with Gasteiger partial charge in [-0.05, 0) is 61.9 Å². The van der Waals surface area contributed by atoms with Crippen LogP contribution in [0.15, 0.2) is 60.7 Å². The van der Waals surface area contributed by atoms with E-state index in [1.54, 1.807) is 0 Å². The lowest BCUT2D eigenvalue weighted by Crippen LogP contribution is -2.05. The number of hydrogen-bond acceptors (Lipinski definition) is 2. The van der Waals surface area contributed by atoms with Crippen molar-refractivity contribution in [1.82, 2.24) is 4.98 Å². The van der Waals surface area contributed by atoms with Gasteiger partial charge in [-0.15, -0.1) is 0 Å². The highest BCUT2D eigenvalue weighted by atomic mass is 16.5. The van der Waals surface area contributed by atoms with Crippen molar-refractivity contribution in [3.63, 3.8) is 0 Å². The van der Waals surface area contributed by atoms with E-state index in [0.717, 1.165) is 50.9 Å². The Hall–Kier alpha value is -3.53. The van der Waals surface area contributed by atoms with Crippen molar-refractivity contribution in [2.24, 2.45) is 0 Å². The van der Waals surface area contributed by atoms with Crippen LogP contribution in [0.25, 0.3) is 22.0 Å². The minimum absolute atomic E-state index is 0.266. The van der Waals surface area contributed by atoms with Gasteiger partial charge in [0, 0.05) is 10.9 Å². The number of fused-ring (bicyclic) bond motifs is 1. The summed E-state index contributed by atoms with van der Waals surface area (Å²) in [6.07, 6.45) is 1.36. The van der Waals surface area contributed by atoms with E-state index in [1.165, 1.54) is 5.56 Å². The van der Waals surface area contributed by atoms with Gasteiger partial charge in [0.2, 0.25) is 0 Å². The molecule has 0 saturated carbocycles. The van der Waals surface area contributed by atoms with Crippen molar-refractivity contribution in [3.05, 3.63) is 88.6 Å². The summed E-state index contributed by atoms with van der Waals surface area (Å²) in [5.41, 5.74) is 7.58. The van der Waals surface area contributed by atoms with Crippen LogP contribution in [-0.4, -0.2) is 22.7 Å².